The van der Waals surface area contributed by atoms with E-state index >= 15 is 0 Å². The number of carbonyl (C=O) groups is 2. The van der Waals surface area contributed by atoms with Gasteiger partial charge in [-0.2, -0.15) is 11.8 Å². The average Bonchev–Trinajstić information content (AvgIpc) is 3.37. The van der Waals surface area contributed by atoms with Crippen molar-refractivity contribution in [3.63, 3.8) is 0 Å². The Bertz CT molecular complexity index is 1260. The van der Waals surface area contributed by atoms with Crippen LogP contribution in [0.25, 0.3) is 11.1 Å². The first-order valence-corrected chi connectivity index (χ1v) is 13.5. The van der Waals surface area contributed by atoms with Gasteiger partial charge in [-0.1, -0.05) is 36.4 Å². The number of aliphatic carboxylic acids is 1. The van der Waals surface area contributed by atoms with Gasteiger partial charge in [0.25, 0.3) is 5.91 Å². The summed E-state index contributed by atoms with van der Waals surface area (Å²) in [6.07, 6.45) is 3.00. The molecule has 3 aromatic rings. The van der Waals surface area contributed by atoms with Crippen molar-refractivity contribution < 1.29 is 28.9 Å². The van der Waals surface area contributed by atoms with E-state index in [0.717, 1.165) is 45.7 Å². The third-order valence-corrected chi connectivity index (χ3v) is 6.86. The van der Waals surface area contributed by atoms with Gasteiger partial charge in [0.1, 0.15) is 6.04 Å². The minimum absolute atomic E-state index is 0.251. The van der Waals surface area contributed by atoms with E-state index in [1.807, 2.05) is 67.8 Å². The van der Waals surface area contributed by atoms with E-state index in [1.54, 1.807) is 17.8 Å². The van der Waals surface area contributed by atoms with E-state index in [-0.39, 0.29) is 6.79 Å². The first-order valence-electron chi connectivity index (χ1n) is 12.1. The summed E-state index contributed by atoms with van der Waals surface area (Å²) in [7, 11) is 0. The number of thioether (sulfide) groups is 1. The Morgan fingerprint density at radius 3 is 2.59 bits per heavy atom. The number of carboxylic acids is 1. The maximum absolute atomic E-state index is 13.2. The molecule has 0 saturated carbocycles. The Morgan fingerprint density at radius 2 is 1.81 bits per heavy atom. The van der Waals surface area contributed by atoms with Gasteiger partial charge in [-0.05, 0) is 83.9 Å². The highest BCUT2D eigenvalue weighted by molar-refractivity contribution is 7.98. The molecule has 37 heavy (non-hydrogen) atoms. The molecular formula is C29H31NO6S. The van der Waals surface area contributed by atoms with Crippen LogP contribution in [0, 0.1) is 6.92 Å². The molecule has 0 spiro atoms. The van der Waals surface area contributed by atoms with Crippen molar-refractivity contribution in [2.24, 2.45) is 0 Å². The Hall–Kier alpha value is -3.49. The van der Waals surface area contributed by atoms with E-state index in [2.05, 4.69) is 5.32 Å². The Labute approximate surface area is 221 Å². The molecule has 3 aromatic carbocycles. The van der Waals surface area contributed by atoms with Gasteiger partial charge in [-0.15, -0.1) is 0 Å². The number of aryl methyl sites for hydroxylation is 1. The molecule has 1 heterocycles. The first-order chi connectivity index (χ1) is 18.0. The van der Waals surface area contributed by atoms with Crippen LogP contribution in [0.15, 0.2) is 60.7 Å². The highest BCUT2D eigenvalue weighted by Crippen LogP contribution is 2.33. The van der Waals surface area contributed by atoms with Crippen molar-refractivity contribution in [2.75, 3.05) is 25.4 Å². The monoisotopic (exact) mass is 521 g/mol. The van der Waals surface area contributed by atoms with Crippen LogP contribution < -0.4 is 14.8 Å². The van der Waals surface area contributed by atoms with Gasteiger partial charge in [0.15, 0.2) is 11.5 Å². The van der Waals surface area contributed by atoms with Crippen LogP contribution in [-0.2, 0) is 22.6 Å². The molecule has 7 nitrogen and oxygen atoms in total. The number of benzene rings is 3. The third-order valence-electron chi connectivity index (χ3n) is 6.22. The van der Waals surface area contributed by atoms with Crippen molar-refractivity contribution in [1.82, 2.24) is 5.32 Å². The van der Waals surface area contributed by atoms with Gasteiger partial charge in [0.2, 0.25) is 6.79 Å². The Morgan fingerprint density at radius 1 is 1.03 bits per heavy atom. The van der Waals surface area contributed by atoms with Crippen LogP contribution >= 0.6 is 11.8 Å². The second-order valence-electron chi connectivity index (χ2n) is 8.83. The summed E-state index contributed by atoms with van der Waals surface area (Å²) in [6.45, 7) is 3.15. The van der Waals surface area contributed by atoms with Gasteiger partial charge in [-0.25, -0.2) is 4.79 Å². The molecule has 0 bridgehead atoms. The Balaban J connectivity index is 1.48. The van der Waals surface area contributed by atoms with E-state index in [9.17, 15) is 14.7 Å². The number of fused-ring (bicyclic) bond motifs is 1. The number of carboxylic acid groups (broad SMARTS) is 1. The SMILES string of the molecule is CSCCC(NC(=O)c1ccc(COCCc2ccc3c(c2)OCO3)cc1-c1ccccc1C)C(=O)O. The standard InChI is InChI=1S/C29H31NO6S/c1-19-5-3-4-6-22(19)24-15-21(7-9-23(24)28(31)30-25(29(32)33)12-14-37-2)17-34-13-11-20-8-10-26-27(16-20)36-18-35-26/h3-10,15-16,25H,11-14,17-18H2,1-2H3,(H,30,31)(H,32,33). The zero-order valence-electron chi connectivity index (χ0n) is 21.0. The van der Waals surface area contributed by atoms with E-state index < -0.39 is 17.9 Å². The number of hydrogen-bond acceptors (Lipinski definition) is 6. The summed E-state index contributed by atoms with van der Waals surface area (Å²) in [4.78, 5) is 24.9. The first kappa shape index (κ1) is 26.6. The molecule has 1 unspecified atom stereocenters. The molecule has 1 aliphatic heterocycles. The second-order valence-corrected chi connectivity index (χ2v) is 9.82. The molecule has 0 radical (unpaired) electrons. The zero-order chi connectivity index (χ0) is 26.2. The molecule has 0 aliphatic carbocycles. The van der Waals surface area contributed by atoms with Gasteiger partial charge in [-0.3, -0.25) is 4.79 Å². The van der Waals surface area contributed by atoms with Crippen molar-refractivity contribution in [1.29, 1.82) is 0 Å². The van der Waals surface area contributed by atoms with Crippen LogP contribution in [0.5, 0.6) is 11.5 Å². The lowest BCUT2D eigenvalue weighted by Crippen LogP contribution is -2.41. The van der Waals surface area contributed by atoms with Crippen molar-refractivity contribution in [3.8, 4) is 22.6 Å². The molecule has 1 atom stereocenters. The topological polar surface area (TPSA) is 94.1 Å². The average molecular weight is 522 g/mol. The van der Waals surface area contributed by atoms with Gasteiger partial charge in [0.05, 0.1) is 13.2 Å². The fourth-order valence-electron chi connectivity index (χ4n) is 4.18. The summed E-state index contributed by atoms with van der Waals surface area (Å²) < 4.78 is 16.7. The smallest absolute Gasteiger partial charge is 0.326 e. The fraction of sp³-hybridized carbons (Fsp3) is 0.310. The lowest BCUT2D eigenvalue weighted by molar-refractivity contribution is -0.139. The maximum Gasteiger partial charge on any atom is 0.326 e. The van der Waals surface area contributed by atoms with Crippen molar-refractivity contribution >= 4 is 23.6 Å². The maximum atomic E-state index is 13.2. The van der Waals surface area contributed by atoms with Crippen LogP contribution in [0.1, 0.15) is 33.5 Å². The number of ether oxygens (including phenoxy) is 3. The minimum Gasteiger partial charge on any atom is -0.480 e. The zero-order valence-corrected chi connectivity index (χ0v) is 21.8. The van der Waals surface area contributed by atoms with E-state index in [1.165, 1.54) is 0 Å². The summed E-state index contributed by atoms with van der Waals surface area (Å²) in [5.74, 6) is 0.725. The predicted molar refractivity (Wildman–Crippen MR) is 144 cm³/mol. The number of nitrogens with one attached hydrogen (secondary N) is 1. The quantitative estimate of drug-likeness (QED) is 0.321. The minimum atomic E-state index is -1.03. The number of carbonyl (C=O) groups excluding carboxylic acids is 1. The second kappa shape index (κ2) is 12.7. The van der Waals surface area contributed by atoms with Crippen LogP contribution in [0.3, 0.4) is 0 Å². The molecule has 8 heteroatoms. The molecule has 194 valence electrons. The summed E-state index contributed by atoms with van der Waals surface area (Å²) in [5.41, 5.74) is 5.17. The fourth-order valence-corrected chi connectivity index (χ4v) is 4.65. The van der Waals surface area contributed by atoms with Gasteiger partial charge in [0, 0.05) is 5.56 Å². The van der Waals surface area contributed by atoms with Crippen LogP contribution in [-0.4, -0.2) is 48.4 Å². The highest BCUT2D eigenvalue weighted by atomic mass is 32.2. The molecule has 0 fully saturated rings. The molecule has 0 saturated heterocycles. The molecule has 1 aliphatic rings. The molecular weight excluding hydrogens is 490 g/mol. The van der Waals surface area contributed by atoms with Gasteiger partial charge >= 0.3 is 5.97 Å². The lowest BCUT2D eigenvalue weighted by atomic mass is 9.93. The molecule has 1 amide bonds. The molecule has 0 aromatic heterocycles. The highest BCUT2D eigenvalue weighted by Gasteiger charge is 2.23. The largest absolute Gasteiger partial charge is 0.480 e. The van der Waals surface area contributed by atoms with E-state index in [4.69, 9.17) is 14.2 Å². The van der Waals surface area contributed by atoms with Crippen molar-refractivity contribution in [3.05, 3.63) is 82.9 Å². The lowest BCUT2D eigenvalue weighted by Gasteiger charge is -2.18. The van der Waals surface area contributed by atoms with Crippen LogP contribution in [0.4, 0.5) is 0 Å². The number of hydrogen-bond donors (Lipinski definition) is 2. The third kappa shape index (κ3) is 6.84. The molecule has 4 rings (SSSR count). The van der Waals surface area contributed by atoms with Gasteiger partial charge < -0.3 is 24.6 Å². The number of amides is 1. The predicted octanol–water partition coefficient (Wildman–Crippen LogP) is 5.09. The summed E-state index contributed by atoms with van der Waals surface area (Å²) >= 11 is 1.55. The van der Waals surface area contributed by atoms with Crippen molar-refractivity contribution in [2.45, 2.75) is 32.4 Å². The Kier molecular flexibility index (Phi) is 9.09. The number of rotatable bonds is 12. The summed E-state index contributed by atoms with van der Waals surface area (Å²) in [6, 6.07) is 18.3. The van der Waals surface area contributed by atoms with E-state index in [0.29, 0.717) is 31.0 Å². The summed E-state index contributed by atoms with van der Waals surface area (Å²) in [5, 5.41) is 12.3. The van der Waals surface area contributed by atoms with Crippen LogP contribution in [0.2, 0.25) is 0 Å². The normalized spacial score (nSPS) is 12.8. The molecule has 2 N–H and O–H groups in total.